The predicted molar refractivity (Wildman–Crippen MR) is 88.1 cm³/mol. The van der Waals surface area contributed by atoms with E-state index in [0.29, 0.717) is 33.4 Å². The molecule has 0 spiro atoms. The number of aromatic hydroxyl groups is 1. The minimum atomic E-state index is -2.44. The summed E-state index contributed by atoms with van der Waals surface area (Å²) in [6.45, 7) is 0. The molecule has 0 saturated carbocycles. The Hall–Kier alpha value is -2.47. The molecule has 3 aromatic carbocycles. The van der Waals surface area contributed by atoms with Gasteiger partial charge in [0.2, 0.25) is 0 Å². The highest BCUT2D eigenvalue weighted by Crippen LogP contribution is 2.33. The van der Waals surface area contributed by atoms with Crippen molar-refractivity contribution in [2.75, 3.05) is 0 Å². The Balaban J connectivity index is 1.87. The van der Waals surface area contributed by atoms with Gasteiger partial charge < -0.3 is 5.11 Å². The van der Waals surface area contributed by atoms with E-state index in [9.17, 15) is 13.9 Å². The molecule has 0 aliphatic carbocycles. The highest BCUT2D eigenvalue weighted by molar-refractivity contribution is 7.99. The average molecular weight is 330 g/mol. The smallest absolute Gasteiger partial charge is 0.288 e. The highest BCUT2D eigenvalue weighted by atomic mass is 32.2. The number of hydrogen-bond acceptors (Lipinski definition) is 4. The molecule has 0 amide bonds. The van der Waals surface area contributed by atoms with E-state index in [1.807, 2.05) is 18.2 Å². The first-order valence-corrected chi connectivity index (χ1v) is 7.69. The van der Waals surface area contributed by atoms with Crippen LogP contribution in [0.4, 0.5) is 20.2 Å². The average Bonchev–Trinajstić information content (AvgIpc) is 2.55. The molecule has 0 aromatic heterocycles. The third-order valence-corrected chi connectivity index (χ3v) is 3.94. The zero-order valence-corrected chi connectivity index (χ0v) is 12.7. The molecule has 0 atom stereocenters. The summed E-state index contributed by atoms with van der Waals surface area (Å²) in [5.41, 5.74) is 1.20. The van der Waals surface area contributed by atoms with Gasteiger partial charge in [0.05, 0.1) is 11.4 Å². The maximum absolute atomic E-state index is 12.3. The maximum atomic E-state index is 12.3. The quantitative estimate of drug-likeness (QED) is 0.452. The minimum absolute atomic E-state index is 0.188. The summed E-state index contributed by atoms with van der Waals surface area (Å²) in [7, 11) is 0. The van der Waals surface area contributed by atoms with Crippen LogP contribution >= 0.6 is 11.8 Å². The van der Waals surface area contributed by atoms with Gasteiger partial charge in [-0.15, -0.1) is 5.11 Å². The van der Waals surface area contributed by atoms with Crippen molar-refractivity contribution < 1.29 is 13.9 Å². The number of fused-ring (bicyclic) bond motifs is 1. The van der Waals surface area contributed by atoms with Crippen LogP contribution < -0.4 is 0 Å². The van der Waals surface area contributed by atoms with Crippen LogP contribution in [0.15, 0.2) is 75.8 Å². The predicted octanol–water partition coefficient (Wildman–Crippen LogP) is 6.28. The van der Waals surface area contributed by atoms with E-state index in [1.54, 1.807) is 42.5 Å². The van der Waals surface area contributed by atoms with Gasteiger partial charge in [-0.1, -0.05) is 36.0 Å². The summed E-state index contributed by atoms with van der Waals surface area (Å²) < 4.78 is 24.5. The molecular weight excluding hydrogens is 318 g/mol. The van der Waals surface area contributed by atoms with Gasteiger partial charge in [0.1, 0.15) is 5.75 Å². The lowest BCUT2D eigenvalue weighted by molar-refractivity contribution is 0.252. The summed E-state index contributed by atoms with van der Waals surface area (Å²) in [6, 6.07) is 17.0. The Bertz CT molecular complexity index is 851. The Morgan fingerprint density at radius 2 is 1.52 bits per heavy atom. The fraction of sp³-hybridized carbons (Fsp3) is 0.0588. The maximum Gasteiger partial charge on any atom is 0.288 e. The SMILES string of the molecule is Oc1ccc(N=Nc2ccc(SC(F)F)cc2)c2ccccc12. The topological polar surface area (TPSA) is 45.0 Å². The molecule has 1 N–H and O–H groups in total. The summed E-state index contributed by atoms with van der Waals surface area (Å²) in [5, 5.41) is 19.7. The van der Waals surface area contributed by atoms with Gasteiger partial charge in [0.25, 0.3) is 5.76 Å². The van der Waals surface area contributed by atoms with Crippen molar-refractivity contribution in [3.63, 3.8) is 0 Å². The fourth-order valence-corrected chi connectivity index (χ4v) is 2.66. The van der Waals surface area contributed by atoms with E-state index in [2.05, 4.69) is 10.2 Å². The van der Waals surface area contributed by atoms with Crippen LogP contribution in [0, 0.1) is 0 Å². The van der Waals surface area contributed by atoms with Crippen molar-refractivity contribution >= 4 is 33.9 Å². The number of thioether (sulfide) groups is 1. The Morgan fingerprint density at radius 3 is 2.22 bits per heavy atom. The van der Waals surface area contributed by atoms with Gasteiger partial charge in [-0.25, -0.2) is 0 Å². The van der Waals surface area contributed by atoms with Crippen LogP contribution in [0.5, 0.6) is 5.75 Å². The van der Waals surface area contributed by atoms with Crippen LogP contribution in [0.3, 0.4) is 0 Å². The van der Waals surface area contributed by atoms with Crippen LogP contribution in [-0.2, 0) is 0 Å². The zero-order valence-electron chi connectivity index (χ0n) is 11.9. The molecule has 3 rings (SSSR count). The third kappa shape index (κ3) is 3.65. The Kier molecular flexibility index (Phi) is 4.52. The molecule has 0 aliphatic rings. The number of hydrogen-bond donors (Lipinski definition) is 1. The molecule has 0 aliphatic heterocycles. The summed E-state index contributed by atoms with van der Waals surface area (Å²) >= 11 is 0.492. The number of azo groups is 1. The molecule has 23 heavy (non-hydrogen) atoms. The zero-order chi connectivity index (χ0) is 16.2. The molecule has 0 fully saturated rings. The van der Waals surface area contributed by atoms with Crippen molar-refractivity contribution in [1.82, 2.24) is 0 Å². The second kappa shape index (κ2) is 6.75. The first-order valence-electron chi connectivity index (χ1n) is 6.81. The van der Waals surface area contributed by atoms with Crippen molar-refractivity contribution in [1.29, 1.82) is 0 Å². The molecule has 0 bridgehead atoms. The molecule has 6 heteroatoms. The summed E-state index contributed by atoms with van der Waals surface area (Å²) in [5.74, 6) is -2.25. The Morgan fingerprint density at radius 1 is 0.826 bits per heavy atom. The summed E-state index contributed by atoms with van der Waals surface area (Å²) in [4.78, 5) is 0.481. The van der Waals surface area contributed by atoms with Gasteiger partial charge in [-0.3, -0.25) is 0 Å². The van der Waals surface area contributed by atoms with E-state index in [-0.39, 0.29) is 5.75 Å². The fourth-order valence-electron chi connectivity index (χ4n) is 2.16. The summed E-state index contributed by atoms with van der Waals surface area (Å²) in [6.07, 6.45) is 0. The monoisotopic (exact) mass is 330 g/mol. The minimum Gasteiger partial charge on any atom is -0.507 e. The number of phenolic OH excluding ortho intramolecular Hbond substituents is 1. The van der Waals surface area contributed by atoms with E-state index >= 15 is 0 Å². The van der Waals surface area contributed by atoms with E-state index in [0.717, 1.165) is 5.39 Å². The van der Waals surface area contributed by atoms with Crippen LogP contribution in [0.1, 0.15) is 0 Å². The van der Waals surface area contributed by atoms with Gasteiger partial charge in [0.15, 0.2) is 0 Å². The number of alkyl halides is 2. The van der Waals surface area contributed by atoms with Crippen molar-refractivity contribution in [2.24, 2.45) is 10.2 Å². The molecule has 3 aromatic rings. The lowest BCUT2D eigenvalue weighted by Crippen LogP contribution is -1.80. The molecule has 0 saturated heterocycles. The normalized spacial score (nSPS) is 11.6. The second-order valence-corrected chi connectivity index (χ2v) is 5.79. The van der Waals surface area contributed by atoms with Crippen molar-refractivity contribution in [3.8, 4) is 5.75 Å². The molecule has 3 nitrogen and oxygen atoms in total. The molecule has 116 valence electrons. The van der Waals surface area contributed by atoms with E-state index < -0.39 is 5.76 Å². The lowest BCUT2D eigenvalue weighted by atomic mass is 10.1. The van der Waals surface area contributed by atoms with Gasteiger partial charge in [-0.05, 0) is 36.4 Å². The van der Waals surface area contributed by atoms with Gasteiger partial charge in [0, 0.05) is 15.7 Å². The third-order valence-electron chi connectivity index (χ3n) is 3.21. The van der Waals surface area contributed by atoms with Crippen molar-refractivity contribution in [2.45, 2.75) is 10.7 Å². The van der Waals surface area contributed by atoms with Gasteiger partial charge >= 0.3 is 0 Å². The van der Waals surface area contributed by atoms with Crippen LogP contribution in [-0.4, -0.2) is 10.9 Å². The first kappa shape index (κ1) is 15.4. The van der Waals surface area contributed by atoms with Crippen LogP contribution in [0.25, 0.3) is 10.8 Å². The molecule has 0 radical (unpaired) electrons. The number of phenols is 1. The number of benzene rings is 3. The number of halogens is 2. The Labute approximate surface area is 135 Å². The standard InChI is InChI=1S/C17H12F2N2OS/c18-17(19)23-12-7-5-11(6-8-12)20-21-15-9-10-16(22)14-4-2-1-3-13(14)15/h1-10,17,22H. The molecule has 0 unspecified atom stereocenters. The van der Waals surface area contributed by atoms with E-state index in [4.69, 9.17) is 0 Å². The molecular formula is C17H12F2N2OS. The van der Waals surface area contributed by atoms with Crippen LogP contribution in [0.2, 0.25) is 0 Å². The van der Waals surface area contributed by atoms with E-state index in [1.165, 1.54) is 0 Å². The number of nitrogens with zero attached hydrogens (tertiary/aromatic N) is 2. The molecule has 0 heterocycles. The lowest BCUT2D eigenvalue weighted by Gasteiger charge is -2.03. The second-order valence-electron chi connectivity index (χ2n) is 4.72. The largest absolute Gasteiger partial charge is 0.507 e. The van der Waals surface area contributed by atoms with Crippen molar-refractivity contribution in [3.05, 3.63) is 60.7 Å². The highest BCUT2D eigenvalue weighted by Gasteiger charge is 2.05. The van der Waals surface area contributed by atoms with Gasteiger partial charge in [-0.2, -0.15) is 13.9 Å². The first-order chi connectivity index (χ1) is 11.1. The number of rotatable bonds is 4.